The van der Waals surface area contributed by atoms with Gasteiger partial charge in [-0.05, 0) is 18.2 Å². The third-order valence-corrected chi connectivity index (χ3v) is 6.48. The lowest BCUT2D eigenvalue weighted by atomic mass is 10.2. The first-order valence-corrected chi connectivity index (χ1v) is 10.8. The maximum Gasteiger partial charge on any atom is 0.191 e. The summed E-state index contributed by atoms with van der Waals surface area (Å²) in [6, 6.07) is 15.6. The Morgan fingerprint density at radius 2 is 2.00 bits per heavy atom. The van der Waals surface area contributed by atoms with Crippen molar-refractivity contribution in [1.29, 1.82) is 0 Å². The molecule has 0 radical (unpaired) electrons. The highest BCUT2D eigenvalue weighted by molar-refractivity contribution is 7.98. The molecule has 28 heavy (non-hydrogen) atoms. The van der Waals surface area contributed by atoms with E-state index in [4.69, 9.17) is 21.3 Å². The Bertz CT molecular complexity index is 1110. The number of methoxy groups -OCH3 is 1. The Labute approximate surface area is 176 Å². The Hall–Kier alpha value is -2.35. The molecule has 0 aliphatic heterocycles. The van der Waals surface area contributed by atoms with Crippen LogP contribution in [-0.4, -0.2) is 26.9 Å². The molecule has 2 heterocycles. The van der Waals surface area contributed by atoms with Crippen LogP contribution in [0, 0.1) is 0 Å². The van der Waals surface area contributed by atoms with Crippen molar-refractivity contribution in [1.82, 2.24) is 19.7 Å². The second-order valence-corrected chi connectivity index (χ2v) is 8.22. The van der Waals surface area contributed by atoms with Crippen molar-refractivity contribution in [3.63, 3.8) is 0 Å². The highest BCUT2D eigenvalue weighted by Crippen LogP contribution is 2.32. The largest absolute Gasteiger partial charge is 0.497 e. The fraction of sp³-hybridized carbons (Fsp3) is 0.150. The Kier molecular flexibility index (Phi) is 5.66. The summed E-state index contributed by atoms with van der Waals surface area (Å²) in [6.07, 6.45) is 0. The summed E-state index contributed by atoms with van der Waals surface area (Å²) in [4.78, 5) is 4.71. The highest BCUT2D eigenvalue weighted by atomic mass is 35.5. The first-order valence-electron chi connectivity index (χ1n) is 8.51. The number of benzene rings is 2. The van der Waals surface area contributed by atoms with Crippen molar-refractivity contribution in [2.24, 2.45) is 7.05 Å². The molecule has 0 spiro atoms. The lowest BCUT2D eigenvalue weighted by molar-refractivity contribution is 0.415. The molecule has 142 valence electrons. The van der Waals surface area contributed by atoms with E-state index in [-0.39, 0.29) is 0 Å². The molecule has 0 saturated carbocycles. The topological polar surface area (TPSA) is 52.8 Å². The molecule has 2 aromatic carbocycles. The minimum atomic E-state index is 0.713. The summed E-state index contributed by atoms with van der Waals surface area (Å²) in [5.41, 5.74) is 2.93. The SMILES string of the molecule is COc1cccc(-c2nnc(SCc3csc(-c4ccccc4Cl)n3)n2C)c1. The molecule has 4 aromatic rings. The van der Waals surface area contributed by atoms with E-state index in [9.17, 15) is 0 Å². The number of ether oxygens (including phenoxy) is 1. The summed E-state index contributed by atoms with van der Waals surface area (Å²) in [6.45, 7) is 0. The molecule has 5 nitrogen and oxygen atoms in total. The Morgan fingerprint density at radius 3 is 2.82 bits per heavy atom. The predicted molar refractivity (Wildman–Crippen MR) is 115 cm³/mol. The van der Waals surface area contributed by atoms with Gasteiger partial charge in [0, 0.05) is 29.3 Å². The van der Waals surface area contributed by atoms with Crippen LogP contribution in [0.2, 0.25) is 5.02 Å². The molecule has 8 heteroatoms. The van der Waals surface area contributed by atoms with Gasteiger partial charge in [0.1, 0.15) is 10.8 Å². The van der Waals surface area contributed by atoms with Gasteiger partial charge in [-0.1, -0.05) is 53.7 Å². The molecule has 0 saturated heterocycles. The van der Waals surface area contributed by atoms with Crippen LogP contribution in [0.15, 0.2) is 59.1 Å². The predicted octanol–water partition coefficient (Wildman–Crippen LogP) is 5.56. The van der Waals surface area contributed by atoms with Crippen LogP contribution in [-0.2, 0) is 12.8 Å². The monoisotopic (exact) mass is 428 g/mol. The lowest BCUT2D eigenvalue weighted by Crippen LogP contribution is -1.95. The fourth-order valence-electron chi connectivity index (χ4n) is 2.72. The summed E-state index contributed by atoms with van der Waals surface area (Å²) in [5, 5.41) is 13.2. The van der Waals surface area contributed by atoms with E-state index in [0.29, 0.717) is 10.8 Å². The average Bonchev–Trinajstić information content (AvgIpc) is 3.33. The van der Waals surface area contributed by atoms with Gasteiger partial charge in [0.05, 0.1) is 17.8 Å². The summed E-state index contributed by atoms with van der Waals surface area (Å²) < 4.78 is 7.28. The zero-order valence-corrected chi connectivity index (χ0v) is 17.7. The van der Waals surface area contributed by atoms with Gasteiger partial charge in [-0.15, -0.1) is 21.5 Å². The number of hydrogen-bond donors (Lipinski definition) is 0. The van der Waals surface area contributed by atoms with Gasteiger partial charge < -0.3 is 9.30 Å². The second kappa shape index (κ2) is 8.34. The van der Waals surface area contributed by atoms with E-state index < -0.39 is 0 Å². The number of thioether (sulfide) groups is 1. The van der Waals surface area contributed by atoms with Gasteiger partial charge in [-0.3, -0.25) is 0 Å². The van der Waals surface area contributed by atoms with Crippen LogP contribution in [0.4, 0.5) is 0 Å². The average molecular weight is 429 g/mol. The van der Waals surface area contributed by atoms with Gasteiger partial charge in [-0.25, -0.2) is 4.98 Å². The van der Waals surface area contributed by atoms with E-state index in [2.05, 4.69) is 15.6 Å². The minimum absolute atomic E-state index is 0.713. The summed E-state index contributed by atoms with van der Waals surface area (Å²) in [7, 11) is 3.62. The summed E-state index contributed by atoms with van der Waals surface area (Å²) in [5.74, 6) is 2.31. The van der Waals surface area contributed by atoms with E-state index in [1.165, 1.54) is 0 Å². The van der Waals surface area contributed by atoms with Gasteiger partial charge in [-0.2, -0.15) is 0 Å². The van der Waals surface area contributed by atoms with Crippen molar-refractivity contribution >= 4 is 34.7 Å². The lowest BCUT2D eigenvalue weighted by Gasteiger charge is -2.05. The standard InChI is InChI=1S/C20H17ClN4OS2/c1-25-18(13-6-5-7-15(10-13)26-2)23-24-20(25)28-12-14-11-27-19(22-14)16-8-3-4-9-17(16)21/h3-11H,12H2,1-2H3. The summed E-state index contributed by atoms with van der Waals surface area (Å²) >= 11 is 9.48. The van der Waals surface area contributed by atoms with Gasteiger partial charge >= 0.3 is 0 Å². The maximum absolute atomic E-state index is 6.28. The number of rotatable bonds is 6. The van der Waals surface area contributed by atoms with E-state index in [1.807, 2.05) is 60.1 Å². The van der Waals surface area contributed by atoms with E-state index >= 15 is 0 Å². The van der Waals surface area contributed by atoms with Gasteiger partial charge in [0.15, 0.2) is 11.0 Å². The molecule has 4 rings (SSSR count). The van der Waals surface area contributed by atoms with Crippen LogP contribution in [0.1, 0.15) is 5.69 Å². The van der Waals surface area contributed by atoms with Gasteiger partial charge in [0.25, 0.3) is 0 Å². The maximum atomic E-state index is 6.28. The van der Waals surface area contributed by atoms with E-state index in [0.717, 1.165) is 38.6 Å². The van der Waals surface area contributed by atoms with Crippen molar-refractivity contribution < 1.29 is 4.74 Å². The van der Waals surface area contributed by atoms with Crippen LogP contribution in [0.25, 0.3) is 22.0 Å². The number of hydrogen-bond acceptors (Lipinski definition) is 6. The smallest absolute Gasteiger partial charge is 0.191 e. The number of aromatic nitrogens is 4. The third-order valence-electron chi connectivity index (χ3n) is 4.17. The van der Waals surface area contributed by atoms with Crippen molar-refractivity contribution in [3.8, 4) is 27.7 Å². The molecular weight excluding hydrogens is 412 g/mol. The third kappa shape index (κ3) is 3.92. The van der Waals surface area contributed by atoms with E-state index in [1.54, 1.807) is 30.2 Å². The van der Waals surface area contributed by atoms with Crippen molar-refractivity contribution in [3.05, 3.63) is 64.6 Å². The van der Waals surface area contributed by atoms with Crippen LogP contribution < -0.4 is 4.74 Å². The molecule has 0 unspecified atom stereocenters. The minimum Gasteiger partial charge on any atom is -0.497 e. The molecular formula is C20H17ClN4OS2. The Morgan fingerprint density at radius 1 is 1.14 bits per heavy atom. The molecule has 0 atom stereocenters. The highest BCUT2D eigenvalue weighted by Gasteiger charge is 2.13. The first-order chi connectivity index (χ1) is 13.7. The zero-order chi connectivity index (χ0) is 19.5. The molecule has 0 fully saturated rings. The van der Waals surface area contributed by atoms with Crippen LogP contribution in [0.5, 0.6) is 5.75 Å². The molecule has 0 amide bonds. The molecule has 2 aromatic heterocycles. The zero-order valence-electron chi connectivity index (χ0n) is 15.3. The van der Waals surface area contributed by atoms with Crippen LogP contribution in [0.3, 0.4) is 0 Å². The number of nitrogens with zero attached hydrogens (tertiary/aromatic N) is 4. The fourth-order valence-corrected chi connectivity index (χ4v) is 4.77. The Balaban J connectivity index is 1.49. The quantitative estimate of drug-likeness (QED) is 0.376. The number of thiazole rings is 1. The van der Waals surface area contributed by atoms with Gasteiger partial charge in [0.2, 0.25) is 0 Å². The molecule has 0 aliphatic rings. The number of halogens is 1. The normalized spacial score (nSPS) is 11.0. The molecule has 0 N–H and O–H groups in total. The molecule has 0 aliphatic carbocycles. The van der Waals surface area contributed by atoms with Crippen molar-refractivity contribution in [2.75, 3.05) is 7.11 Å². The molecule has 0 bridgehead atoms. The first kappa shape index (κ1) is 19.0. The van der Waals surface area contributed by atoms with Crippen LogP contribution >= 0.6 is 34.7 Å². The van der Waals surface area contributed by atoms with Crippen molar-refractivity contribution in [2.45, 2.75) is 10.9 Å². The second-order valence-electron chi connectivity index (χ2n) is 6.01.